The van der Waals surface area contributed by atoms with E-state index in [4.69, 9.17) is 0 Å². The minimum atomic E-state index is -0.797. The molecule has 0 spiro atoms. The zero-order valence-corrected chi connectivity index (χ0v) is 10.2. The third kappa shape index (κ3) is 3.40. The SMILES string of the molecule is O=C(NCCI)c1cc(F)cc([N+](=O)[O-])c1. The fraction of sp³-hybridized carbons (Fsp3) is 0.222. The number of carbonyl (C=O) groups is 1. The molecule has 5 nitrogen and oxygen atoms in total. The van der Waals surface area contributed by atoms with Gasteiger partial charge in [0, 0.05) is 22.6 Å². The fourth-order valence-electron chi connectivity index (χ4n) is 1.07. The van der Waals surface area contributed by atoms with E-state index in [1.165, 1.54) is 0 Å². The van der Waals surface area contributed by atoms with Crippen LogP contribution in [0.1, 0.15) is 10.4 Å². The molecule has 0 saturated carbocycles. The van der Waals surface area contributed by atoms with Crippen molar-refractivity contribution in [3.8, 4) is 0 Å². The van der Waals surface area contributed by atoms with Crippen LogP contribution in [-0.2, 0) is 0 Å². The van der Waals surface area contributed by atoms with Crippen LogP contribution in [0.4, 0.5) is 10.1 Å². The Balaban J connectivity index is 2.95. The Bertz CT molecular complexity index is 425. The zero-order valence-electron chi connectivity index (χ0n) is 8.07. The second-order valence-electron chi connectivity index (χ2n) is 2.90. The molecule has 1 aromatic carbocycles. The molecule has 0 saturated heterocycles. The Morgan fingerprint density at radius 1 is 1.50 bits per heavy atom. The normalized spacial score (nSPS) is 9.88. The first-order valence-electron chi connectivity index (χ1n) is 4.33. The molecule has 1 rings (SSSR count). The third-order valence-corrected chi connectivity index (χ3v) is 2.27. The summed E-state index contributed by atoms with van der Waals surface area (Å²) in [6.07, 6.45) is 0. The van der Waals surface area contributed by atoms with E-state index in [0.29, 0.717) is 11.0 Å². The van der Waals surface area contributed by atoms with Gasteiger partial charge in [-0.15, -0.1) is 0 Å². The van der Waals surface area contributed by atoms with E-state index < -0.39 is 22.3 Å². The van der Waals surface area contributed by atoms with Gasteiger partial charge in [0.2, 0.25) is 0 Å². The van der Waals surface area contributed by atoms with Gasteiger partial charge in [-0.3, -0.25) is 14.9 Å². The van der Waals surface area contributed by atoms with E-state index in [1.54, 1.807) is 0 Å². The van der Waals surface area contributed by atoms with Gasteiger partial charge in [0.05, 0.1) is 11.0 Å². The van der Waals surface area contributed by atoms with Crippen LogP contribution in [0.25, 0.3) is 0 Å². The number of nitro benzene ring substituents is 1. The van der Waals surface area contributed by atoms with Gasteiger partial charge in [0.1, 0.15) is 5.82 Å². The van der Waals surface area contributed by atoms with E-state index in [2.05, 4.69) is 27.9 Å². The Morgan fingerprint density at radius 3 is 2.75 bits per heavy atom. The first-order valence-corrected chi connectivity index (χ1v) is 5.86. The maximum atomic E-state index is 13.0. The van der Waals surface area contributed by atoms with Crippen molar-refractivity contribution >= 4 is 34.2 Å². The number of carbonyl (C=O) groups excluding carboxylic acids is 1. The molecular weight excluding hydrogens is 330 g/mol. The number of halogens is 2. The number of nitrogens with one attached hydrogen (secondary N) is 1. The minimum absolute atomic E-state index is 0.0449. The average Bonchev–Trinajstić information content (AvgIpc) is 2.24. The van der Waals surface area contributed by atoms with Gasteiger partial charge >= 0.3 is 0 Å². The highest BCUT2D eigenvalue weighted by molar-refractivity contribution is 14.1. The molecular formula is C9H8FIN2O3. The Hall–Kier alpha value is -1.25. The maximum absolute atomic E-state index is 13.0. The topological polar surface area (TPSA) is 72.2 Å². The summed E-state index contributed by atoms with van der Waals surface area (Å²) in [5, 5.41) is 13.0. The van der Waals surface area contributed by atoms with Gasteiger partial charge in [-0.2, -0.15) is 0 Å². The molecule has 0 aliphatic carbocycles. The summed E-state index contributed by atoms with van der Waals surface area (Å²) < 4.78 is 13.7. The number of alkyl halides is 1. The average molecular weight is 338 g/mol. The van der Waals surface area contributed by atoms with Crippen LogP contribution in [0.5, 0.6) is 0 Å². The third-order valence-electron chi connectivity index (χ3n) is 1.74. The molecule has 0 aliphatic heterocycles. The summed E-state index contributed by atoms with van der Waals surface area (Å²) in [6.45, 7) is 0.434. The molecule has 7 heteroatoms. The van der Waals surface area contributed by atoms with Crippen LogP contribution in [0.3, 0.4) is 0 Å². The van der Waals surface area contributed by atoms with Crippen LogP contribution < -0.4 is 5.32 Å². The van der Waals surface area contributed by atoms with Gasteiger partial charge in [-0.25, -0.2) is 4.39 Å². The zero-order chi connectivity index (χ0) is 12.1. The highest BCUT2D eigenvalue weighted by atomic mass is 127. The molecule has 0 atom stereocenters. The second kappa shape index (κ2) is 5.73. The van der Waals surface area contributed by atoms with Gasteiger partial charge in [0.15, 0.2) is 0 Å². The molecule has 0 unspecified atom stereocenters. The fourth-order valence-corrected chi connectivity index (χ4v) is 1.34. The number of non-ortho nitro benzene ring substituents is 1. The van der Waals surface area contributed by atoms with Crippen LogP contribution in [0.15, 0.2) is 18.2 Å². The monoisotopic (exact) mass is 338 g/mol. The van der Waals surface area contributed by atoms with Crippen molar-refractivity contribution < 1.29 is 14.1 Å². The van der Waals surface area contributed by atoms with Crippen LogP contribution in [-0.4, -0.2) is 21.8 Å². The molecule has 0 aliphatic rings. The van der Waals surface area contributed by atoms with Crippen molar-refractivity contribution in [1.29, 1.82) is 0 Å². The number of hydrogen-bond acceptors (Lipinski definition) is 3. The summed E-state index contributed by atoms with van der Waals surface area (Å²) in [7, 11) is 0. The number of nitrogens with zero attached hydrogens (tertiary/aromatic N) is 1. The quantitative estimate of drug-likeness (QED) is 0.394. The Labute approximate surface area is 104 Å². The van der Waals surface area contributed by atoms with Crippen LogP contribution in [0, 0.1) is 15.9 Å². The lowest BCUT2D eigenvalue weighted by atomic mass is 10.2. The highest BCUT2D eigenvalue weighted by Gasteiger charge is 2.14. The standard InChI is InChI=1S/C9H8FIN2O3/c10-7-3-6(9(14)12-2-1-11)4-8(5-7)13(15)16/h3-5H,1-2H2,(H,12,14). The molecule has 0 radical (unpaired) electrons. The summed E-state index contributed by atoms with van der Waals surface area (Å²) in [6, 6.07) is 2.79. The van der Waals surface area contributed by atoms with Crippen molar-refractivity contribution in [2.75, 3.05) is 11.0 Å². The molecule has 1 aromatic rings. The molecule has 16 heavy (non-hydrogen) atoms. The van der Waals surface area contributed by atoms with Gasteiger partial charge < -0.3 is 5.32 Å². The van der Waals surface area contributed by atoms with E-state index >= 15 is 0 Å². The van der Waals surface area contributed by atoms with Crippen molar-refractivity contribution in [3.63, 3.8) is 0 Å². The highest BCUT2D eigenvalue weighted by Crippen LogP contribution is 2.16. The molecule has 1 N–H and O–H groups in total. The summed E-state index contributed by atoms with van der Waals surface area (Å²) in [4.78, 5) is 21.1. The lowest BCUT2D eigenvalue weighted by Crippen LogP contribution is -2.25. The second-order valence-corrected chi connectivity index (χ2v) is 3.98. The lowest BCUT2D eigenvalue weighted by molar-refractivity contribution is -0.385. The van der Waals surface area contributed by atoms with Crippen molar-refractivity contribution in [3.05, 3.63) is 39.7 Å². The largest absolute Gasteiger partial charge is 0.351 e. The molecule has 0 fully saturated rings. The number of benzene rings is 1. The Morgan fingerprint density at radius 2 is 2.19 bits per heavy atom. The summed E-state index contributed by atoms with van der Waals surface area (Å²) in [5.74, 6) is -1.31. The summed E-state index contributed by atoms with van der Waals surface area (Å²) in [5.41, 5.74) is -0.476. The van der Waals surface area contributed by atoms with E-state index in [9.17, 15) is 19.3 Å². The number of hydrogen-bond donors (Lipinski definition) is 1. The van der Waals surface area contributed by atoms with Crippen molar-refractivity contribution in [1.82, 2.24) is 5.32 Å². The molecule has 0 heterocycles. The first kappa shape index (κ1) is 12.8. The van der Waals surface area contributed by atoms with Gasteiger partial charge in [-0.1, -0.05) is 22.6 Å². The Kier molecular flexibility index (Phi) is 4.59. The lowest BCUT2D eigenvalue weighted by Gasteiger charge is -2.03. The van der Waals surface area contributed by atoms with Crippen molar-refractivity contribution in [2.45, 2.75) is 0 Å². The predicted octanol–water partition coefficient (Wildman–Crippen LogP) is 1.90. The van der Waals surface area contributed by atoms with E-state index in [-0.39, 0.29) is 5.56 Å². The van der Waals surface area contributed by atoms with Crippen LogP contribution >= 0.6 is 22.6 Å². The summed E-state index contributed by atoms with van der Waals surface area (Å²) >= 11 is 2.07. The molecule has 86 valence electrons. The van der Waals surface area contributed by atoms with Crippen LogP contribution in [0.2, 0.25) is 0 Å². The maximum Gasteiger partial charge on any atom is 0.273 e. The molecule has 1 amide bonds. The van der Waals surface area contributed by atoms with Crippen molar-refractivity contribution in [2.24, 2.45) is 0 Å². The number of amides is 1. The molecule has 0 bridgehead atoms. The van der Waals surface area contributed by atoms with E-state index in [0.717, 1.165) is 18.2 Å². The molecule has 0 aromatic heterocycles. The smallest absolute Gasteiger partial charge is 0.273 e. The number of rotatable bonds is 4. The predicted molar refractivity (Wildman–Crippen MR) is 64.3 cm³/mol. The van der Waals surface area contributed by atoms with Gasteiger partial charge in [-0.05, 0) is 6.07 Å². The van der Waals surface area contributed by atoms with Gasteiger partial charge in [0.25, 0.3) is 11.6 Å². The number of nitro groups is 1. The minimum Gasteiger partial charge on any atom is -0.351 e. The first-order chi connectivity index (χ1) is 7.54. The van der Waals surface area contributed by atoms with E-state index in [1.807, 2.05) is 0 Å².